The summed E-state index contributed by atoms with van der Waals surface area (Å²) in [6.45, 7) is 0.442. The zero-order valence-electron chi connectivity index (χ0n) is 17.2. The smallest absolute Gasteiger partial charge is 0.322 e. The Kier molecular flexibility index (Phi) is 5.75. The fourth-order valence-electron chi connectivity index (χ4n) is 3.93. The van der Waals surface area contributed by atoms with E-state index in [0.717, 1.165) is 28.8 Å². The van der Waals surface area contributed by atoms with Crippen molar-refractivity contribution in [3.63, 3.8) is 0 Å². The molecular weight excluding hydrogens is 402 g/mol. The lowest BCUT2D eigenvalue weighted by Gasteiger charge is -2.38. The zero-order valence-corrected chi connectivity index (χ0v) is 17.2. The van der Waals surface area contributed by atoms with Gasteiger partial charge in [0, 0.05) is 18.3 Å². The lowest BCUT2D eigenvalue weighted by molar-refractivity contribution is 0.193. The molecule has 5 nitrogen and oxygen atoms in total. The number of carbonyl (C=O) groups is 1. The number of hydrogen-bond acceptors (Lipinski definition) is 3. The average molecular weight is 424 g/mol. The van der Waals surface area contributed by atoms with Crippen LogP contribution in [0.25, 0.3) is 0 Å². The molecule has 0 fully saturated rings. The first kappa shape index (κ1) is 20.7. The van der Waals surface area contributed by atoms with Gasteiger partial charge in [-0.25, -0.2) is 13.6 Å². The number of rotatable bonds is 4. The molecule has 160 valence electrons. The van der Waals surface area contributed by atoms with Gasteiger partial charge in [-0.1, -0.05) is 30.3 Å². The summed E-state index contributed by atoms with van der Waals surface area (Å²) in [5.74, 6) is -0.774. The second-order valence-electron chi connectivity index (χ2n) is 7.22. The van der Waals surface area contributed by atoms with Crippen LogP contribution in [0.1, 0.15) is 22.7 Å². The number of hydrogen-bond donors (Lipinski definition) is 1. The number of halogens is 2. The lowest BCUT2D eigenvalue weighted by atomic mass is 9.88. The highest BCUT2D eigenvalue weighted by atomic mass is 19.2. The third-order valence-corrected chi connectivity index (χ3v) is 5.42. The molecular formula is C24H22F2N2O3. The van der Waals surface area contributed by atoms with Gasteiger partial charge < -0.3 is 19.7 Å². The third kappa shape index (κ3) is 4.03. The normalized spacial score (nSPS) is 15.2. The minimum absolute atomic E-state index is 0.189. The van der Waals surface area contributed by atoms with Crippen molar-refractivity contribution in [1.82, 2.24) is 4.90 Å². The van der Waals surface area contributed by atoms with Gasteiger partial charge in [0.2, 0.25) is 0 Å². The SMILES string of the molecule is COc1cc2c(cc1OC)[C@@H](c1ccccc1)N(C(=O)Nc1ccc(F)c(F)c1)CC2. The van der Waals surface area contributed by atoms with Crippen molar-refractivity contribution in [3.8, 4) is 11.5 Å². The summed E-state index contributed by atoms with van der Waals surface area (Å²) in [6.07, 6.45) is 0.615. The molecule has 1 aliphatic heterocycles. The van der Waals surface area contributed by atoms with Crippen molar-refractivity contribution in [1.29, 1.82) is 0 Å². The number of carbonyl (C=O) groups excluding carboxylic acids is 1. The summed E-state index contributed by atoms with van der Waals surface area (Å²) in [5.41, 5.74) is 3.10. The minimum Gasteiger partial charge on any atom is -0.493 e. The molecule has 0 unspecified atom stereocenters. The predicted octanol–water partition coefficient (Wildman–Crippen LogP) is 5.16. The van der Waals surface area contributed by atoms with Crippen LogP contribution in [0.2, 0.25) is 0 Å². The fraction of sp³-hybridized carbons (Fsp3) is 0.208. The topological polar surface area (TPSA) is 50.8 Å². The van der Waals surface area contributed by atoms with E-state index in [0.29, 0.717) is 24.5 Å². The number of urea groups is 1. The van der Waals surface area contributed by atoms with Crippen LogP contribution in [0, 0.1) is 11.6 Å². The van der Waals surface area contributed by atoms with Crippen LogP contribution >= 0.6 is 0 Å². The maximum Gasteiger partial charge on any atom is 0.322 e. The molecule has 3 aromatic rings. The Morgan fingerprint density at radius 1 is 0.968 bits per heavy atom. The van der Waals surface area contributed by atoms with E-state index >= 15 is 0 Å². The molecule has 31 heavy (non-hydrogen) atoms. The molecule has 0 saturated carbocycles. The van der Waals surface area contributed by atoms with Crippen molar-refractivity contribution < 1.29 is 23.0 Å². The van der Waals surface area contributed by atoms with Crippen molar-refractivity contribution in [2.24, 2.45) is 0 Å². The van der Waals surface area contributed by atoms with Crippen LogP contribution in [0.15, 0.2) is 60.7 Å². The van der Waals surface area contributed by atoms with E-state index in [9.17, 15) is 13.6 Å². The molecule has 1 atom stereocenters. The minimum atomic E-state index is -1.02. The monoisotopic (exact) mass is 424 g/mol. The van der Waals surface area contributed by atoms with Crippen LogP contribution in [-0.4, -0.2) is 31.7 Å². The van der Waals surface area contributed by atoms with Crippen LogP contribution in [0.5, 0.6) is 11.5 Å². The van der Waals surface area contributed by atoms with Crippen molar-refractivity contribution >= 4 is 11.7 Å². The number of fused-ring (bicyclic) bond motifs is 1. The molecule has 2 amide bonds. The van der Waals surface area contributed by atoms with Crippen molar-refractivity contribution in [3.05, 3.63) is 89.0 Å². The summed E-state index contributed by atoms with van der Waals surface area (Å²) >= 11 is 0. The molecule has 0 spiro atoms. The van der Waals surface area contributed by atoms with Crippen molar-refractivity contribution in [2.75, 3.05) is 26.1 Å². The highest BCUT2D eigenvalue weighted by Gasteiger charge is 2.33. The van der Waals surface area contributed by atoms with Gasteiger partial charge in [-0.05, 0) is 47.4 Å². The molecule has 1 aliphatic rings. The summed E-state index contributed by atoms with van der Waals surface area (Å²) in [4.78, 5) is 14.9. The standard InChI is InChI=1S/C24H22F2N2O3/c1-30-21-12-16-10-11-28(24(29)27-17-8-9-19(25)20(26)13-17)23(15-6-4-3-5-7-15)18(16)14-22(21)31-2/h3-9,12-14,23H,10-11H2,1-2H3,(H,27,29)/t23-/m1/s1. The molecule has 7 heteroatoms. The van der Waals surface area contributed by atoms with Gasteiger partial charge >= 0.3 is 6.03 Å². The first-order valence-corrected chi connectivity index (χ1v) is 9.84. The molecule has 0 saturated heterocycles. The largest absolute Gasteiger partial charge is 0.493 e. The van der Waals surface area contributed by atoms with Gasteiger partial charge in [-0.2, -0.15) is 0 Å². The summed E-state index contributed by atoms with van der Waals surface area (Å²) < 4.78 is 37.8. The lowest BCUT2D eigenvalue weighted by Crippen LogP contribution is -2.43. The fourth-order valence-corrected chi connectivity index (χ4v) is 3.93. The number of nitrogens with one attached hydrogen (secondary N) is 1. The molecule has 0 bridgehead atoms. The quantitative estimate of drug-likeness (QED) is 0.629. The third-order valence-electron chi connectivity index (χ3n) is 5.42. The van der Waals surface area contributed by atoms with Gasteiger partial charge in [0.15, 0.2) is 23.1 Å². The maximum absolute atomic E-state index is 13.6. The van der Waals surface area contributed by atoms with Gasteiger partial charge in [0.05, 0.1) is 20.3 Å². The molecule has 1 heterocycles. The van der Waals surface area contributed by atoms with Crippen molar-refractivity contribution in [2.45, 2.75) is 12.5 Å². The molecule has 0 aliphatic carbocycles. The Hall–Kier alpha value is -3.61. The highest BCUT2D eigenvalue weighted by Crippen LogP contribution is 2.41. The maximum atomic E-state index is 13.6. The van der Waals surface area contributed by atoms with E-state index < -0.39 is 17.7 Å². The number of anilines is 1. The number of methoxy groups -OCH3 is 2. The molecule has 3 aromatic carbocycles. The Morgan fingerprint density at radius 2 is 1.68 bits per heavy atom. The van der Waals surface area contributed by atoms with Crippen LogP contribution < -0.4 is 14.8 Å². The number of nitrogens with zero attached hydrogens (tertiary/aromatic N) is 1. The first-order valence-electron chi connectivity index (χ1n) is 9.84. The van der Waals surface area contributed by atoms with E-state index in [-0.39, 0.29) is 11.7 Å². The Morgan fingerprint density at radius 3 is 2.35 bits per heavy atom. The van der Waals surface area contributed by atoms with E-state index in [2.05, 4.69) is 5.32 Å². The summed E-state index contributed by atoms with van der Waals surface area (Å²) in [6, 6.07) is 16.0. The van der Waals surface area contributed by atoms with Gasteiger partial charge in [-0.3, -0.25) is 0 Å². The summed E-state index contributed by atoms with van der Waals surface area (Å²) in [7, 11) is 3.15. The highest BCUT2D eigenvalue weighted by molar-refractivity contribution is 5.90. The number of ether oxygens (including phenoxy) is 2. The van der Waals surface area contributed by atoms with Crippen LogP contribution in [-0.2, 0) is 6.42 Å². The second kappa shape index (κ2) is 8.63. The number of amides is 2. The Balaban J connectivity index is 1.74. The van der Waals surface area contributed by atoms with Crippen LogP contribution in [0.4, 0.5) is 19.3 Å². The Labute approximate surface area is 179 Å². The first-order chi connectivity index (χ1) is 15.0. The van der Waals surface area contributed by atoms with Gasteiger partial charge in [-0.15, -0.1) is 0 Å². The average Bonchev–Trinajstić information content (AvgIpc) is 2.80. The molecule has 0 radical (unpaired) electrons. The van der Waals surface area contributed by atoms with Crippen LogP contribution in [0.3, 0.4) is 0 Å². The molecule has 0 aromatic heterocycles. The van der Waals surface area contributed by atoms with Gasteiger partial charge in [0.1, 0.15) is 0 Å². The van der Waals surface area contributed by atoms with E-state index in [1.54, 1.807) is 19.1 Å². The predicted molar refractivity (Wildman–Crippen MR) is 114 cm³/mol. The molecule has 4 rings (SSSR count). The summed E-state index contributed by atoms with van der Waals surface area (Å²) in [5, 5.41) is 2.69. The van der Waals surface area contributed by atoms with E-state index in [4.69, 9.17) is 9.47 Å². The van der Waals surface area contributed by atoms with E-state index in [1.165, 1.54) is 6.07 Å². The van der Waals surface area contributed by atoms with Gasteiger partial charge in [0.25, 0.3) is 0 Å². The van der Waals surface area contributed by atoms with E-state index in [1.807, 2.05) is 42.5 Å². The zero-order chi connectivity index (χ0) is 22.0. The Bertz CT molecular complexity index is 1110. The number of benzene rings is 3. The second-order valence-corrected chi connectivity index (χ2v) is 7.22. The molecule has 1 N–H and O–H groups in total.